The lowest BCUT2D eigenvalue weighted by atomic mass is 10.1. The molecule has 0 unspecified atom stereocenters. The lowest BCUT2D eigenvalue weighted by molar-refractivity contribution is -0.141. The molecule has 0 aromatic heterocycles. The second-order valence-electron chi connectivity index (χ2n) is 11.6. The van der Waals surface area contributed by atoms with Crippen molar-refractivity contribution in [2.45, 2.75) is 77.9 Å². The Kier molecular flexibility index (Phi) is 10.7. The zero-order chi connectivity index (χ0) is 31.4. The van der Waals surface area contributed by atoms with Crippen LogP contribution in [0.3, 0.4) is 0 Å². The Balaban J connectivity index is 2.12. The van der Waals surface area contributed by atoms with E-state index < -0.39 is 34.1 Å². The minimum atomic E-state index is -4.15. The van der Waals surface area contributed by atoms with Crippen LogP contribution in [0.4, 0.5) is 5.69 Å². The maximum Gasteiger partial charge on any atom is 0.264 e. The summed E-state index contributed by atoms with van der Waals surface area (Å²) in [5, 5.41) is 3.64. The van der Waals surface area contributed by atoms with E-state index >= 15 is 0 Å². The van der Waals surface area contributed by atoms with Gasteiger partial charge < -0.3 is 10.2 Å². The van der Waals surface area contributed by atoms with E-state index in [0.29, 0.717) is 27.7 Å². The lowest BCUT2D eigenvalue weighted by Crippen LogP contribution is -2.55. The molecule has 10 heteroatoms. The van der Waals surface area contributed by atoms with Crippen LogP contribution < -0.4 is 9.62 Å². The fraction of sp³-hybridized carbons (Fsp3) is 0.375. The number of hydrogen-bond acceptors (Lipinski definition) is 4. The van der Waals surface area contributed by atoms with Crippen molar-refractivity contribution in [3.8, 4) is 0 Å². The number of nitrogens with one attached hydrogen (secondary N) is 1. The van der Waals surface area contributed by atoms with E-state index in [-0.39, 0.29) is 17.3 Å². The number of carbonyl (C=O) groups excluding carboxylic acids is 2. The predicted octanol–water partition coefficient (Wildman–Crippen LogP) is 6.84. The van der Waals surface area contributed by atoms with Gasteiger partial charge in [-0.3, -0.25) is 13.9 Å². The molecule has 3 aromatic carbocycles. The van der Waals surface area contributed by atoms with Crippen LogP contribution in [-0.2, 0) is 26.2 Å². The van der Waals surface area contributed by atoms with Crippen molar-refractivity contribution in [2.75, 3.05) is 10.8 Å². The van der Waals surface area contributed by atoms with Gasteiger partial charge in [-0.1, -0.05) is 60.0 Å². The van der Waals surface area contributed by atoms with Crippen molar-refractivity contribution < 1.29 is 18.0 Å². The quantitative estimate of drug-likeness (QED) is 0.265. The molecule has 1 atom stereocenters. The van der Waals surface area contributed by atoms with Crippen molar-refractivity contribution in [2.24, 2.45) is 0 Å². The number of aryl methyl sites for hydroxylation is 3. The molecule has 7 nitrogen and oxygen atoms in total. The number of hydrogen-bond donors (Lipinski definition) is 1. The van der Waals surface area contributed by atoms with Gasteiger partial charge in [0, 0.05) is 12.1 Å². The molecule has 0 aliphatic heterocycles. The van der Waals surface area contributed by atoms with Crippen LogP contribution in [0, 0.1) is 20.8 Å². The van der Waals surface area contributed by atoms with Crippen LogP contribution in [0.15, 0.2) is 65.6 Å². The van der Waals surface area contributed by atoms with Crippen LogP contribution in [0.2, 0.25) is 10.0 Å². The van der Waals surface area contributed by atoms with E-state index in [1.807, 2.05) is 54.5 Å². The van der Waals surface area contributed by atoms with Crippen molar-refractivity contribution >= 4 is 50.7 Å². The summed E-state index contributed by atoms with van der Waals surface area (Å²) in [6.45, 7) is 12.5. The molecular formula is C32H39Cl2N3O4S. The fourth-order valence-corrected chi connectivity index (χ4v) is 6.39. The Bertz CT molecular complexity index is 1530. The molecule has 1 N–H and O–H groups in total. The van der Waals surface area contributed by atoms with Crippen molar-refractivity contribution in [3.63, 3.8) is 0 Å². The van der Waals surface area contributed by atoms with E-state index in [4.69, 9.17) is 23.2 Å². The Morgan fingerprint density at radius 1 is 0.857 bits per heavy atom. The summed E-state index contributed by atoms with van der Waals surface area (Å²) < 4.78 is 29.3. The molecule has 0 spiro atoms. The summed E-state index contributed by atoms with van der Waals surface area (Å²) in [6, 6.07) is 16.0. The first-order chi connectivity index (χ1) is 19.5. The average Bonchev–Trinajstić information content (AvgIpc) is 2.87. The van der Waals surface area contributed by atoms with Crippen molar-refractivity contribution in [3.05, 3.63) is 93.0 Å². The molecule has 0 aliphatic rings. The maximum absolute atomic E-state index is 14.2. The largest absolute Gasteiger partial charge is 0.350 e. The summed E-state index contributed by atoms with van der Waals surface area (Å²) in [6.07, 6.45) is 0.309. The highest BCUT2D eigenvalue weighted by Crippen LogP contribution is 2.28. The number of benzene rings is 3. The summed E-state index contributed by atoms with van der Waals surface area (Å²) in [5.41, 5.74) is 3.09. The Morgan fingerprint density at radius 2 is 1.45 bits per heavy atom. The molecule has 3 aromatic rings. The van der Waals surface area contributed by atoms with Crippen molar-refractivity contribution in [1.29, 1.82) is 0 Å². The first kappa shape index (κ1) is 33.4. The molecular weight excluding hydrogens is 593 g/mol. The highest BCUT2D eigenvalue weighted by Gasteiger charge is 2.34. The SMILES string of the molecule is CC[C@@H](C(=O)NC(C)(C)C)N(Cc1ccc(Cl)c(Cl)c1)C(=O)CN(c1cc(C)cc(C)c1)S(=O)(=O)c1ccc(C)cc1. The smallest absolute Gasteiger partial charge is 0.264 e. The molecule has 0 fully saturated rings. The Labute approximate surface area is 259 Å². The third kappa shape index (κ3) is 8.49. The van der Waals surface area contributed by atoms with E-state index in [1.165, 1.54) is 17.0 Å². The van der Waals surface area contributed by atoms with Gasteiger partial charge in [-0.25, -0.2) is 8.42 Å². The second-order valence-corrected chi connectivity index (χ2v) is 14.3. The highest BCUT2D eigenvalue weighted by atomic mass is 35.5. The molecule has 3 rings (SSSR count). The Hall–Kier alpha value is -3.07. The lowest BCUT2D eigenvalue weighted by Gasteiger charge is -2.35. The number of nitrogens with zero attached hydrogens (tertiary/aromatic N) is 2. The van der Waals surface area contributed by atoms with Crippen molar-refractivity contribution in [1.82, 2.24) is 10.2 Å². The van der Waals surface area contributed by atoms with E-state index in [9.17, 15) is 18.0 Å². The van der Waals surface area contributed by atoms with Crippen LogP contribution in [0.25, 0.3) is 0 Å². The fourth-order valence-electron chi connectivity index (χ4n) is 4.67. The minimum Gasteiger partial charge on any atom is -0.350 e. The molecule has 42 heavy (non-hydrogen) atoms. The van der Waals surface area contributed by atoms with Gasteiger partial charge in [-0.2, -0.15) is 0 Å². The summed E-state index contributed by atoms with van der Waals surface area (Å²) in [7, 11) is -4.15. The number of anilines is 1. The molecule has 0 radical (unpaired) electrons. The van der Waals surface area contributed by atoms with Gasteiger partial charge in [0.1, 0.15) is 12.6 Å². The average molecular weight is 633 g/mol. The van der Waals surface area contributed by atoms with Gasteiger partial charge in [0.25, 0.3) is 10.0 Å². The number of rotatable bonds is 10. The highest BCUT2D eigenvalue weighted by molar-refractivity contribution is 7.92. The first-order valence-electron chi connectivity index (χ1n) is 13.7. The molecule has 0 aliphatic carbocycles. The summed E-state index contributed by atoms with van der Waals surface area (Å²) in [4.78, 5) is 29.2. The number of amides is 2. The van der Waals surface area contributed by atoms with Gasteiger partial charge >= 0.3 is 0 Å². The molecule has 0 heterocycles. The van der Waals surface area contributed by atoms with Gasteiger partial charge in [0.15, 0.2) is 0 Å². The van der Waals surface area contributed by atoms with Crippen LogP contribution >= 0.6 is 23.2 Å². The molecule has 2 amide bonds. The third-order valence-corrected chi connectivity index (χ3v) is 9.13. The Morgan fingerprint density at radius 3 is 1.98 bits per heavy atom. The summed E-state index contributed by atoms with van der Waals surface area (Å²) in [5.74, 6) is -0.871. The van der Waals surface area contributed by atoms with Gasteiger partial charge in [0.2, 0.25) is 11.8 Å². The number of halogens is 2. The number of carbonyl (C=O) groups is 2. The third-order valence-electron chi connectivity index (χ3n) is 6.60. The zero-order valence-electron chi connectivity index (χ0n) is 25.2. The van der Waals surface area contributed by atoms with Crippen LogP contribution in [0.1, 0.15) is 56.4 Å². The van der Waals surface area contributed by atoms with Crippen LogP contribution in [0.5, 0.6) is 0 Å². The minimum absolute atomic E-state index is 0.0249. The van der Waals surface area contributed by atoms with E-state index in [0.717, 1.165) is 21.0 Å². The second kappa shape index (κ2) is 13.5. The van der Waals surface area contributed by atoms with Gasteiger partial charge in [-0.05, 0) is 101 Å². The molecule has 0 bridgehead atoms. The molecule has 0 saturated carbocycles. The number of sulfonamides is 1. The first-order valence-corrected chi connectivity index (χ1v) is 15.9. The van der Waals surface area contributed by atoms with E-state index in [2.05, 4.69) is 5.32 Å². The van der Waals surface area contributed by atoms with Gasteiger partial charge in [-0.15, -0.1) is 0 Å². The maximum atomic E-state index is 14.2. The zero-order valence-corrected chi connectivity index (χ0v) is 27.5. The topological polar surface area (TPSA) is 86.8 Å². The summed E-state index contributed by atoms with van der Waals surface area (Å²) >= 11 is 12.4. The standard InChI is InChI=1S/C32H39Cl2N3O4S/c1-8-29(31(39)35-32(5,6)7)36(19-24-11-14-27(33)28(34)18-24)30(38)20-37(25-16-22(3)15-23(4)17-25)42(40,41)26-12-9-21(2)10-13-26/h9-18,29H,8,19-20H2,1-7H3,(H,35,39)/t29-/m0/s1. The monoisotopic (exact) mass is 631 g/mol. The molecule has 226 valence electrons. The normalized spacial score (nSPS) is 12.5. The van der Waals surface area contributed by atoms with Gasteiger partial charge in [0.05, 0.1) is 20.6 Å². The van der Waals surface area contributed by atoms with E-state index in [1.54, 1.807) is 42.5 Å². The molecule has 0 saturated heterocycles. The van der Waals surface area contributed by atoms with Crippen LogP contribution in [-0.4, -0.2) is 43.3 Å². The predicted molar refractivity (Wildman–Crippen MR) is 171 cm³/mol.